The van der Waals surface area contributed by atoms with Crippen LogP contribution in [0.25, 0.3) is 0 Å². The van der Waals surface area contributed by atoms with E-state index in [1.807, 2.05) is 5.32 Å². The molecule has 11 N–H and O–H groups in total. The number of hydrogen-bond donors (Lipinski definition) is 8. The Morgan fingerprint density at radius 2 is 1.12 bits per heavy atom. The largest absolute Gasteiger partial charge is 0.481 e. The number of aliphatic carboxylic acids is 2. The summed E-state index contributed by atoms with van der Waals surface area (Å²) in [6, 6.07) is -5.71. The van der Waals surface area contributed by atoms with Gasteiger partial charge >= 0.3 is 11.9 Å². The second-order valence-corrected chi connectivity index (χ2v) is 6.92. The highest BCUT2D eigenvalue weighted by Gasteiger charge is 2.31. The lowest BCUT2D eigenvalue weighted by molar-refractivity contribution is -0.143. The zero-order chi connectivity index (χ0) is 25.0. The molecule has 0 aliphatic heterocycles. The highest BCUT2D eigenvalue weighted by atomic mass is 16.4. The lowest BCUT2D eigenvalue weighted by Gasteiger charge is -2.24. The molecular weight excluding hydrogens is 432 g/mol. The summed E-state index contributed by atoms with van der Waals surface area (Å²) in [5, 5.41) is 24.6. The molecular formula is C17H28N6O9. The fraction of sp³-hybridized carbons (Fsp3) is 0.588. The van der Waals surface area contributed by atoms with E-state index in [4.69, 9.17) is 27.4 Å². The molecule has 5 amide bonds. The maximum Gasteiger partial charge on any atom is 0.326 e. The van der Waals surface area contributed by atoms with Crippen LogP contribution in [-0.2, 0) is 33.6 Å². The van der Waals surface area contributed by atoms with Gasteiger partial charge in [0, 0.05) is 12.8 Å². The molecule has 0 spiro atoms. The smallest absolute Gasteiger partial charge is 0.326 e. The number of amides is 5. The number of carbonyl (C=O) groups excluding carboxylic acids is 5. The Bertz CT molecular complexity index is 755. The van der Waals surface area contributed by atoms with Crippen molar-refractivity contribution in [1.29, 1.82) is 0 Å². The molecule has 15 heteroatoms. The number of nitrogens with two attached hydrogens (primary N) is 3. The molecule has 32 heavy (non-hydrogen) atoms. The van der Waals surface area contributed by atoms with E-state index < -0.39 is 72.1 Å². The van der Waals surface area contributed by atoms with Gasteiger partial charge in [-0.1, -0.05) is 0 Å². The van der Waals surface area contributed by atoms with Crippen molar-refractivity contribution in [2.45, 2.75) is 63.2 Å². The number of hydrogen-bond acceptors (Lipinski definition) is 8. The quantitative estimate of drug-likeness (QED) is 0.117. The van der Waals surface area contributed by atoms with Crippen LogP contribution < -0.4 is 33.2 Å². The van der Waals surface area contributed by atoms with Crippen LogP contribution in [0.2, 0.25) is 0 Å². The molecule has 0 saturated carbocycles. The zero-order valence-corrected chi connectivity index (χ0v) is 17.3. The number of carboxylic acids is 2. The Hall–Kier alpha value is -3.75. The summed E-state index contributed by atoms with van der Waals surface area (Å²) in [7, 11) is 0. The van der Waals surface area contributed by atoms with Gasteiger partial charge in [0.15, 0.2) is 0 Å². The Balaban J connectivity index is 5.49. The zero-order valence-electron chi connectivity index (χ0n) is 17.3. The molecule has 0 heterocycles. The summed E-state index contributed by atoms with van der Waals surface area (Å²) in [6.07, 6.45) is -2.25. The van der Waals surface area contributed by atoms with Crippen molar-refractivity contribution in [2.24, 2.45) is 17.2 Å². The van der Waals surface area contributed by atoms with Gasteiger partial charge < -0.3 is 43.4 Å². The first-order valence-corrected chi connectivity index (χ1v) is 9.42. The number of carboxylic acid groups (broad SMARTS) is 2. The number of nitrogens with one attached hydrogen (secondary N) is 3. The monoisotopic (exact) mass is 460 g/mol. The Kier molecular flexibility index (Phi) is 11.9. The van der Waals surface area contributed by atoms with Gasteiger partial charge in [-0.2, -0.15) is 0 Å². The lowest BCUT2D eigenvalue weighted by atomic mass is 10.1. The van der Waals surface area contributed by atoms with E-state index in [0.29, 0.717) is 0 Å². The molecule has 0 aromatic carbocycles. The summed E-state index contributed by atoms with van der Waals surface area (Å²) < 4.78 is 0. The Morgan fingerprint density at radius 3 is 1.53 bits per heavy atom. The van der Waals surface area contributed by atoms with Gasteiger partial charge in [-0.25, -0.2) is 4.79 Å². The second-order valence-electron chi connectivity index (χ2n) is 6.92. The highest BCUT2D eigenvalue weighted by Crippen LogP contribution is 2.04. The molecule has 0 rings (SSSR count). The molecule has 0 fully saturated rings. The SMILES string of the molecule is CC(N)C(=O)NC(CCC(N)=O)C(=O)NC(CC(=O)O)C(=O)NC(CCC(N)=O)C(=O)O. The number of carbonyl (C=O) groups is 7. The minimum Gasteiger partial charge on any atom is -0.481 e. The van der Waals surface area contributed by atoms with Crippen molar-refractivity contribution >= 4 is 41.5 Å². The van der Waals surface area contributed by atoms with E-state index in [1.54, 1.807) is 0 Å². The van der Waals surface area contributed by atoms with Gasteiger partial charge in [-0.05, 0) is 19.8 Å². The van der Waals surface area contributed by atoms with E-state index >= 15 is 0 Å². The van der Waals surface area contributed by atoms with Crippen LogP contribution >= 0.6 is 0 Å². The summed E-state index contributed by atoms with van der Waals surface area (Å²) in [4.78, 5) is 81.2. The molecule has 4 atom stereocenters. The molecule has 15 nitrogen and oxygen atoms in total. The van der Waals surface area contributed by atoms with E-state index in [1.165, 1.54) is 6.92 Å². The van der Waals surface area contributed by atoms with Crippen molar-refractivity contribution in [3.8, 4) is 0 Å². The van der Waals surface area contributed by atoms with Gasteiger partial charge in [-0.3, -0.25) is 28.8 Å². The predicted octanol–water partition coefficient (Wildman–Crippen LogP) is -4.12. The Labute approximate surface area is 182 Å². The standard InChI is InChI=1S/C17H28N6O9/c1-7(18)14(28)21-8(2-4-11(19)24)15(29)23-10(6-13(26)27)16(30)22-9(17(31)32)3-5-12(20)25/h7-10H,2-6,18H2,1H3,(H2,19,24)(H2,20,25)(H,21,28)(H,22,30)(H,23,29)(H,26,27)(H,31,32). The van der Waals surface area contributed by atoms with Gasteiger partial charge in [0.05, 0.1) is 12.5 Å². The van der Waals surface area contributed by atoms with Crippen LogP contribution in [0, 0.1) is 0 Å². The topological polar surface area (TPSA) is 274 Å². The van der Waals surface area contributed by atoms with E-state index in [0.717, 1.165) is 0 Å². The summed E-state index contributed by atoms with van der Waals surface area (Å²) in [5.74, 6) is -7.55. The van der Waals surface area contributed by atoms with Crippen molar-refractivity contribution in [3.05, 3.63) is 0 Å². The lowest BCUT2D eigenvalue weighted by Crippen LogP contribution is -2.57. The third kappa shape index (κ3) is 11.4. The molecule has 0 saturated heterocycles. The van der Waals surface area contributed by atoms with Crippen LogP contribution in [0.15, 0.2) is 0 Å². The minimum absolute atomic E-state index is 0.266. The van der Waals surface area contributed by atoms with Crippen molar-refractivity contribution in [3.63, 3.8) is 0 Å². The predicted molar refractivity (Wildman–Crippen MR) is 106 cm³/mol. The molecule has 0 aliphatic rings. The third-order valence-electron chi connectivity index (χ3n) is 4.03. The number of primary amides is 2. The van der Waals surface area contributed by atoms with E-state index in [9.17, 15) is 33.6 Å². The maximum absolute atomic E-state index is 12.6. The van der Waals surface area contributed by atoms with E-state index in [-0.39, 0.29) is 25.7 Å². The fourth-order valence-electron chi connectivity index (χ4n) is 2.33. The van der Waals surface area contributed by atoms with Crippen LogP contribution in [0.3, 0.4) is 0 Å². The van der Waals surface area contributed by atoms with Crippen LogP contribution in [0.4, 0.5) is 0 Å². The highest BCUT2D eigenvalue weighted by molar-refractivity contribution is 5.95. The van der Waals surface area contributed by atoms with Crippen LogP contribution in [0.1, 0.15) is 39.0 Å². The summed E-state index contributed by atoms with van der Waals surface area (Å²) in [5.41, 5.74) is 15.4. The first kappa shape index (κ1) is 28.2. The molecule has 0 radical (unpaired) electrons. The van der Waals surface area contributed by atoms with Crippen molar-refractivity contribution in [1.82, 2.24) is 16.0 Å². The fourth-order valence-corrected chi connectivity index (χ4v) is 2.33. The average molecular weight is 460 g/mol. The van der Waals surface area contributed by atoms with Gasteiger partial charge in [0.1, 0.15) is 18.1 Å². The normalized spacial score (nSPS) is 14.2. The van der Waals surface area contributed by atoms with Gasteiger partial charge in [0.25, 0.3) is 0 Å². The molecule has 0 aliphatic carbocycles. The number of rotatable bonds is 15. The summed E-state index contributed by atoms with van der Waals surface area (Å²) >= 11 is 0. The molecule has 0 aromatic rings. The van der Waals surface area contributed by atoms with Crippen molar-refractivity contribution in [2.75, 3.05) is 0 Å². The second kappa shape index (κ2) is 13.5. The summed E-state index contributed by atoms with van der Waals surface area (Å²) in [6.45, 7) is 1.33. The molecule has 0 bridgehead atoms. The van der Waals surface area contributed by atoms with Crippen LogP contribution in [0.5, 0.6) is 0 Å². The van der Waals surface area contributed by atoms with Gasteiger partial charge in [-0.15, -0.1) is 0 Å². The minimum atomic E-state index is -1.74. The first-order chi connectivity index (χ1) is 14.7. The van der Waals surface area contributed by atoms with Gasteiger partial charge in [0.2, 0.25) is 29.5 Å². The molecule has 0 aromatic heterocycles. The van der Waals surface area contributed by atoms with E-state index in [2.05, 4.69) is 10.6 Å². The third-order valence-corrected chi connectivity index (χ3v) is 4.03. The molecule has 180 valence electrons. The van der Waals surface area contributed by atoms with Crippen LogP contribution in [-0.4, -0.2) is 75.9 Å². The first-order valence-electron chi connectivity index (χ1n) is 9.42. The average Bonchev–Trinajstić information content (AvgIpc) is 2.66. The molecule has 4 unspecified atom stereocenters. The van der Waals surface area contributed by atoms with Crippen molar-refractivity contribution < 1.29 is 43.8 Å². The Morgan fingerprint density at radius 1 is 0.719 bits per heavy atom. The maximum atomic E-state index is 12.6.